The number of nitrogens with zero attached hydrogens (tertiary/aromatic N) is 4. The van der Waals surface area contributed by atoms with Gasteiger partial charge in [-0.15, -0.1) is 0 Å². The second-order valence-corrected chi connectivity index (χ2v) is 13.7. The van der Waals surface area contributed by atoms with Gasteiger partial charge in [-0.25, -0.2) is 26.3 Å². The van der Waals surface area contributed by atoms with Gasteiger partial charge in [0.1, 0.15) is 0 Å². The summed E-state index contributed by atoms with van der Waals surface area (Å²) in [5.41, 5.74) is 18.8. The monoisotopic (exact) mass is 707 g/mol. The molecule has 0 bridgehead atoms. The van der Waals surface area contributed by atoms with Crippen LogP contribution in [0.1, 0.15) is 25.0 Å². The molecule has 256 valence electrons. The smallest absolute Gasteiger partial charge is 0.241 e. The third-order valence-electron chi connectivity index (χ3n) is 6.47. The van der Waals surface area contributed by atoms with Crippen molar-refractivity contribution >= 4 is 66.6 Å². The highest BCUT2D eigenvalue weighted by atomic mass is 32.2. The molecule has 2 amide bonds. The molecule has 0 atom stereocenters. The van der Waals surface area contributed by atoms with Crippen LogP contribution in [0.5, 0.6) is 0 Å². The van der Waals surface area contributed by atoms with Crippen LogP contribution in [0, 0.1) is 0 Å². The number of hydrogen-bond donors (Lipinski definition) is 7. The summed E-state index contributed by atoms with van der Waals surface area (Å²) >= 11 is 0. The maximum absolute atomic E-state index is 12.4. The summed E-state index contributed by atoms with van der Waals surface area (Å²) in [4.78, 5) is 30.8. The van der Waals surface area contributed by atoms with Crippen LogP contribution in [-0.2, 0) is 29.6 Å². The molecule has 0 saturated carbocycles. The van der Waals surface area contributed by atoms with Crippen LogP contribution in [0.3, 0.4) is 0 Å². The highest BCUT2D eigenvalue weighted by molar-refractivity contribution is 7.89. The second kappa shape index (κ2) is 15.9. The van der Waals surface area contributed by atoms with Crippen molar-refractivity contribution in [3.63, 3.8) is 0 Å². The lowest BCUT2D eigenvalue weighted by molar-refractivity contribution is -0.117. The van der Waals surface area contributed by atoms with Gasteiger partial charge >= 0.3 is 0 Å². The number of amides is 2. The van der Waals surface area contributed by atoms with E-state index in [1.807, 2.05) is 30.3 Å². The lowest BCUT2D eigenvalue weighted by Gasteiger charge is -2.11. The van der Waals surface area contributed by atoms with Crippen LogP contribution >= 0.6 is 0 Å². The van der Waals surface area contributed by atoms with Gasteiger partial charge in [-0.3, -0.25) is 20.4 Å². The maximum atomic E-state index is 12.4. The predicted octanol–water partition coefficient (Wildman–Crippen LogP) is 1.42. The summed E-state index contributed by atoms with van der Waals surface area (Å²) in [6.45, 7) is 2.38. The number of carbonyl (C=O) groups excluding carboxylic acids is 2. The number of para-hydroxylation sites is 1. The van der Waals surface area contributed by atoms with E-state index in [2.05, 4.69) is 45.8 Å². The van der Waals surface area contributed by atoms with Gasteiger partial charge in [-0.1, -0.05) is 42.5 Å². The number of primary amides is 2. The summed E-state index contributed by atoms with van der Waals surface area (Å²) in [6, 6.07) is 22.5. The quantitative estimate of drug-likeness (QED) is 0.0647. The predicted molar refractivity (Wildman–Crippen MR) is 185 cm³/mol. The number of hydrazone groups is 2. The fourth-order valence-corrected chi connectivity index (χ4v) is 5.92. The van der Waals surface area contributed by atoms with E-state index < -0.39 is 45.0 Å². The molecule has 0 aliphatic carbocycles. The summed E-state index contributed by atoms with van der Waals surface area (Å²) in [5.74, 6) is -0.818. The average molecular weight is 708 g/mol. The number of nitrogens with two attached hydrogens (primary N) is 2. The van der Waals surface area contributed by atoms with E-state index in [0.29, 0.717) is 22.6 Å². The number of hydrogen-bond acceptors (Lipinski definition) is 13. The SMILES string of the molecule is CC(=NNc1cc(NN=C(C)c2ccc(S(=O)(=O)NCC(N)=O)cc2)nc(Nc2ccccc2)n1)c1ccc(S(=O)(=O)NCC(N)=O)cc1. The van der Waals surface area contributed by atoms with Crippen LogP contribution in [0.25, 0.3) is 0 Å². The van der Waals surface area contributed by atoms with Gasteiger partial charge in [0.15, 0.2) is 11.6 Å². The van der Waals surface area contributed by atoms with Crippen molar-refractivity contribution in [2.45, 2.75) is 23.6 Å². The largest absolute Gasteiger partial charge is 0.369 e. The molecule has 4 aromatic rings. The normalized spacial score (nSPS) is 12.3. The number of nitrogens with one attached hydrogen (secondary N) is 5. The molecule has 4 rings (SSSR count). The molecule has 17 nitrogen and oxygen atoms in total. The fourth-order valence-electron chi connectivity index (χ4n) is 3.93. The van der Waals surface area contributed by atoms with Crippen molar-refractivity contribution in [3.8, 4) is 0 Å². The van der Waals surface area contributed by atoms with E-state index in [1.54, 1.807) is 44.2 Å². The van der Waals surface area contributed by atoms with Gasteiger partial charge < -0.3 is 16.8 Å². The molecule has 0 spiro atoms. The number of benzene rings is 3. The van der Waals surface area contributed by atoms with Gasteiger partial charge in [0.2, 0.25) is 37.8 Å². The maximum Gasteiger partial charge on any atom is 0.241 e. The van der Waals surface area contributed by atoms with Gasteiger partial charge in [0.25, 0.3) is 0 Å². The zero-order chi connectivity index (χ0) is 35.6. The second-order valence-electron chi connectivity index (χ2n) is 10.2. The Morgan fingerprint density at radius 1 is 0.653 bits per heavy atom. The van der Waals surface area contributed by atoms with Gasteiger partial charge in [0, 0.05) is 11.8 Å². The first-order chi connectivity index (χ1) is 23.2. The fraction of sp³-hybridized carbons (Fsp3) is 0.133. The van der Waals surface area contributed by atoms with Gasteiger partial charge in [-0.2, -0.15) is 20.2 Å². The van der Waals surface area contributed by atoms with E-state index >= 15 is 0 Å². The van der Waals surface area contributed by atoms with Gasteiger partial charge in [-0.05, 0) is 61.4 Å². The highest BCUT2D eigenvalue weighted by Crippen LogP contribution is 2.20. The van der Waals surface area contributed by atoms with E-state index in [9.17, 15) is 26.4 Å². The standard InChI is InChI=1S/C30H33N11O6S2/c1-19(21-8-12-24(13-9-21)48(44,45)33-17-26(31)42)38-40-28-16-29(37-30(36-28)35-23-6-4-3-5-7-23)41-39-20(2)22-10-14-25(15-11-22)49(46,47)34-18-27(32)43/h3-16,33-34H,17-18H2,1-2H3,(H2,31,42)(H2,32,43)(H3,35,36,37,40,41). The molecule has 3 aromatic carbocycles. The summed E-state index contributed by atoms with van der Waals surface area (Å²) in [5, 5.41) is 11.9. The lowest BCUT2D eigenvalue weighted by atomic mass is 10.1. The molecule has 9 N–H and O–H groups in total. The van der Waals surface area contributed by atoms with Crippen LogP contribution in [-0.4, -0.2) is 63.1 Å². The van der Waals surface area contributed by atoms with Crippen molar-refractivity contribution in [2.24, 2.45) is 21.7 Å². The van der Waals surface area contributed by atoms with Gasteiger partial charge in [0.05, 0.1) is 34.3 Å². The number of aromatic nitrogens is 2. The molecule has 19 heteroatoms. The van der Waals surface area contributed by atoms with Crippen molar-refractivity contribution in [1.82, 2.24) is 19.4 Å². The first-order valence-electron chi connectivity index (χ1n) is 14.3. The van der Waals surface area contributed by atoms with Crippen molar-refractivity contribution < 1.29 is 26.4 Å². The lowest BCUT2D eigenvalue weighted by Crippen LogP contribution is -2.33. The number of carbonyl (C=O) groups is 2. The first kappa shape index (κ1) is 36.1. The molecular formula is C30H33N11O6S2. The molecule has 0 saturated heterocycles. The van der Waals surface area contributed by atoms with Crippen molar-refractivity contribution in [1.29, 1.82) is 0 Å². The van der Waals surface area contributed by atoms with E-state index in [0.717, 1.165) is 5.69 Å². The summed E-state index contributed by atoms with van der Waals surface area (Å²) in [6.07, 6.45) is 0. The highest BCUT2D eigenvalue weighted by Gasteiger charge is 2.16. The minimum atomic E-state index is -3.92. The Morgan fingerprint density at radius 3 is 1.45 bits per heavy atom. The third-order valence-corrected chi connectivity index (χ3v) is 9.30. The van der Waals surface area contributed by atoms with E-state index in [4.69, 9.17) is 11.5 Å². The summed E-state index contributed by atoms with van der Waals surface area (Å²) in [7, 11) is -7.84. The molecule has 0 unspecified atom stereocenters. The molecule has 0 aliphatic rings. The Kier molecular flexibility index (Phi) is 11.7. The molecule has 1 aromatic heterocycles. The topological polar surface area (TPSA) is 265 Å². The van der Waals surface area contributed by atoms with Crippen LogP contribution in [0.4, 0.5) is 23.3 Å². The Hall–Kier alpha value is -5.76. The van der Waals surface area contributed by atoms with E-state index in [-0.39, 0.29) is 27.4 Å². The minimum absolute atomic E-state index is 0.0459. The Labute approximate surface area is 282 Å². The van der Waals surface area contributed by atoms with Crippen LogP contribution in [0.15, 0.2) is 105 Å². The van der Waals surface area contributed by atoms with Crippen LogP contribution < -0.4 is 37.1 Å². The molecule has 49 heavy (non-hydrogen) atoms. The zero-order valence-electron chi connectivity index (χ0n) is 26.2. The molecule has 0 aliphatic heterocycles. The molecular weight excluding hydrogens is 675 g/mol. The minimum Gasteiger partial charge on any atom is -0.369 e. The van der Waals surface area contributed by atoms with Crippen molar-refractivity contribution in [2.75, 3.05) is 29.3 Å². The molecule has 1 heterocycles. The number of rotatable bonds is 16. The number of anilines is 4. The van der Waals surface area contributed by atoms with Crippen LogP contribution in [0.2, 0.25) is 0 Å². The molecule has 0 radical (unpaired) electrons. The van der Waals surface area contributed by atoms with E-state index in [1.165, 1.54) is 24.3 Å². The average Bonchev–Trinajstić information content (AvgIpc) is 3.08. The zero-order valence-corrected chi connectivity index (χ0v) is 27.8. The van der Waals surface area contributed by atoms with Crippen molar-refractivity contribution in [3.05, 3.63) is 96.1 Å². The number of sulfonamides is 2. The third kappa shape index (κ3) is 10.6. The molecule has 0 fully saturated rings. The first-order valence-corrected chi connectivity index (χ1v) is 17.3. The Balaban J connectivity index is 1.53. The Morgan fingerprint density at radius 2 is 1.06 bits per heavy atom. The summed E-state index contributed by atoms with van der Waals surface area (Å²) < 4.78 is 53.7. The Bertz CT molecular complexity index is 1960.